The Kier molecular flexibility index (Phi) is 5.64. The Morgan fingerprint density at radius 1 is 1.65 bits per heavy atom. The minimum atomic E-state index is -0.428. The minimum Gasteiger partial charge on any atom is -0.448 e. The number of carbonyl (C=O) groups is 1. The maximum atomic E-state index is 11.9. The van der Waals surface area contributed by atoms with Crippen molar-refractivity contribution in [3.63, 3.8) is 0 Å². The van der Waals surface area contributed by atoms with Crippen LogP contribution in [-0.2, 0) is 0 Å². The Balaban J connectivity index is 0.00000256. The molecule has 1 aromatic rings. The largest absolute Gasteiger partial charge is 0.448 e. The molecule has 0 saturated carbocycles. The van der Waals surface area contributed by atoms with Crippen LogP contribution in [0, 0.1) is 12.8 Å². The van der Waals surface area contributed by atoms with Crippen molar-refractivity contribution < 1.29 is 9.21 Å². The number of amides is 1. The molecule has 5 nitrogen and oxygen atoms in total. The normalized spacial score (nSPS) is 14.0. The summed E-state index contributed by atoms with van der Waals surface area (Å²) in [6, 6.07) is 0. The van der Waals surface area contributed by atoms with Gasteiger partial charge in [-0.2, -0.15) is 0 Å². The van der Waals surface area contributed by atoms with Crippen LogP contribution in [0.1, 0.15) is 37.0 Å². The highest BCUT2D eigenvalue weighted by atomic mass is 35.5. The van der Waals surface area contributed by atoms with Crippen LogP contribution >= 0.6 is 12.4 Å². The number of nitrogens with zero attached hydrogens (tertiary/aromatic N) is 1. The maximum absolute atomic E-state index is 11.9. The van der Waals surface area contributed by atoms with Crippen LogP contribution in [0.2, 0.25) is 0 Å². The van der Waals surface area contributed by atoms with E-state index in [1.54, 1.807) is 6.92 Å². The molecular weight excluding hydrogens is 242 g/mol. The molecule has 1 unspecified atom stereocenters. The topological polar surface area (TPSA) is 81.2 Å². The van der Waals surface area contributed by atoms with Crippen molar-refractivity contribution in [3.8, 4) is 0 Å². The lowest BCUT2D eigenvalue weighted by Gasteiger charge is -2.33. The molecule has 3 N–H and O–H groups in total. The first-order valence-corrected chi connectivity index (χ1v) is 5.33. The summed E-state index contributed by atoms with van der Waals surface area (Å²) in [4.78, 5) is 15.8. The van der Waals surface area contributed by atoms with Crippen molar-refractivity contribution in [2.45, 2.75) is 33.2 Å². The van der Waals surface area contributed by atoms with Gasteiger partial charge in [0.15, 0.2) is 12.1 Å². The maximum Gasteiger partial charge on any atom is 0.273 e. The highest BCUT2D eigenvalue weighted by Crippen LogP contribution is 2.16. The van der Waals surface area contributed by atoms with Crippen LogP contribution in [0.15, 0.2) is 10.8 Å². The molecule has 0 fully saturated rings. The van der Waals surface area contributed by atoms with E-state index in [0.717, 1.165) is 0 Å². The number of rotatable bonds is 4. The zero-order valence-electron chi connectivity index (χ0n) is 10.6. The highest BCUT2D eigenvalue weighted by molar-refractivity contribution is 5.93. The van der Waals surface area contributed by atoms with Crippen LogP contribution in [0.3, 0.4) is 0 Å². The number of hydrogen-bond donors (Lipinski definition) is 2. The molecule has 1 aromatic heterocycles. The van der Waals surface area contributed by atoms with Gasteiger partial charge in [-0.05, 0) is 19.8 Å². The van der Waals surface area contributed by atoms with Gasteiger partial charge >= 0.3 is 0 Å². The van der Waals surface area contributed by atoms with E-state index in [2.05, 4.69) is 10.3 Å². The monoisotopic (exact) mass is 261 g/mol. The molecule has 1 rings (SSSR count). The molecule has 0 saturated heterocycles. The highest BCUT2D eigenvalue weighted by Gasteiger charge is 2.30. The van der Waals surface area contributed by atoms with Gasteiger partial charge in [-0.15, -0.1) is 12.4 Å². The van der Waals surface area contributed by atoms with Gasteiger partial charge in [-0.25, -0.2) is 4.98 Å². The third kappa shape index (κ3) is 3.44. The molecule has 0 spiro atoms. The number of aromatic nitrogens is 1. The van der Waals surface area contributed by atoms with Crippen LogP contribution in [-0.4, -0.2) is 23.0 Å². The van der Waals surface area contributed by atoms with Gasteiger partial charge in [0.05, 0.1) is 5.54 Å². The first-order valence-electron chi connectivity index (χ1n) is 5.33. The molecule has 0 aliphatic rings. The van der Waals surface area contributed by atoms with Crippen molar-refractivity contribution in [1.29, 1.82) is 0 Å². The van der Waals surface area contributed by atoms with E-state index in [9.17, 15) is 4.79 Å². The number of nitrogens with one attached hydrogen (secondary N) is 1. The molecule has 0 aliphatic carbocycles. The van der Waals surface area contributed by atoms with Gasteiger partial charge < -0.3 is 15.5 Å². The van der Waals surface area contributed by atoms with Gasteiger partial charge in [-0.1, -0.05) is 13.8 Å². The fourth-order valence-corrected chi connectivity index (χ4v) is 1.27. The summed E-state index contributed by atoms with van der Waals surface area (Å²) >= 11 is 0. The third-order valence-electron chi connectivity index (χ3n) is 3.06. The van der Waals surface area contributed by atoms with Gasteiger partial charge in [-0.3, -0.25) is 4.79 Å². The van der Waals surface area contributed by atoms with Crippen molar-refractivity contribution in [2.24, 2.45) is 11.7 Å². The van der Waals surface area contributed by atoms with Crippen LogP contribution in [0.25, 0.3) is 0 Å². The smallest absolute Gasteiger partial charge is 0.273 e. The molecule has 17 heavy (non-hydrogen) atoms. The van der Waals surface area contributed by atoms with Crippen LogP contribution in [0.5, 0.6) is 0 Å². The number of hydrogen-bond acceptors (Lipinski definition) is 4. The van der Waals surface area contributed by atoms with Gasteiger partial charge in [0, 0.05) is 6.54 Å². The second kappa shape index (κ2) is 6.02. The van der Waals surface area contributed by atoms with E-state index < -0.39 is 5.54 Å². The van der Waals surface area contributed by atoms with Crippen molar-refractivity contribution in [1.82, 2.24) is 10.3 Å². The second-order valence-electron chi connectivity index (χ2n) is 4.49. The molecule has 0 aliphatic heterocycles. The van der Waals surface area contributed by atoms with E-state index in [4.69, 9.17) is 10.2 Å². The number of nitrogens with two attached hydrogens (primary N) is 1. The molecule has 1 amide bonds. The van der Waals surface area contributed by atoms with Gasteiger partial charge in [0.1, 0.15) is 5.76 Å². The third-order valence-corrected chi connectivity index (χ3v) is 3.06. The average molecular weight is 262 g/mol. The van der Waals surface area contributed by atoms with Gasteiger partial charge in [0.25, 0.3) is 5.91 Å². The standard InChI is InChI=1S/C11H19N3O2.ClH/c1-7(2)11(4,5-12)14-10(15)9-8(3)16-6-13-9;/h6-7H,5,12H2,1-4H3,(H,14,15);1H. The minimum absolute atomic E-state index is 0. The number of oxazole rings is 1. The Morgan fingerprint density at radius 2 is 2.24 bits per heavy atom. The predicted molar refractivity (Wildman–Crippen MR) is 68.3 cm³/mol. The Labute approximate surface area is 108 Å². The first kappa shape index (κ1) is 15.9. The first-order chi connectivity index (χ1) is 7.40. The summed E-state index contributed by atoms with van der Waals surface area (Å²) in [7, 11) is 0. The lowest BCUT2D eigenvalue weighted by Crippen LogP contribution is -2.55. The molecule has 1 heterocycles. The number of carbonyl (C=O) groups excluding carboxylic acids is 1. The van der Waals surface area contributed by atoms with E-state index in [1.165, 1.54) is 6.39 Å². The zero-order chi connectivity index (χ0) is 12.3. The molecule has 1 atom stereocenters. The predicted octanol–water partition coefficient (Wildman–Crippen LogP) is 1.51. The summed E-state index contributed by atoms with van der Waals surface area (Å²) in [5, 5.41) is 2.90. The summed E-state index contributed by atoms with van der Waals surface area (Å²) in [5.74, 6) is 0.516. The van der Waals surface area contributed by atoms with Crippen LogP contribution in [0.4, 0.5) is 0 Å². The Morgan fingerprint density at radius 3 is 2.59 bits per heavy atom. The van der Waals surface area contributed by atoms with Crippen molar-refractivity contribution >= 4 is 18.3 Å². The summed E-state index contributed by atoms with van der Waals surface area (Å²) < 4.78 is 4.99. The molecule has 0 aromatic carbocycles. The fraction of sp³-hybridized carbons (Fsp3) is 0.636. The quantitative estimate of drug-likeness (QED) is 0.861. The zero-order valence-corrected chi connectivity index (χ0v) is 11.4. The SMILES string of the molecule is Cc1ocnc1C(=O)NC(C)(CN)C(C)C.Cl. The number of halogens is 1. The van der Waals surface area contributed by atoms with E-state index >= 15 is 0 Å². The summed E-state index contributed by atoms with van der Waals surface area (Å²) in [5.41, 5.74) is 5.58. The Bertz CT molecular complexity index is 379. The fourth-order valence-electron chi connectivity index (χ4n) is 1.27. The van der Waals surface area contributed by atoms with E-state index in [-0.39, 0.29) is 24.2 Å². The number of aryl methyl sites for hydroxylation is 1. The van der Waals surface area contributed by atoms with Crippen LogP contribution < -0.4 is 11.1 Å². The summed E-state index contributed by atoms with van der Waals surface area (Å²) in [6.45, 7) is 8.04. The average Bonchev–Trinajstić information content (AvgIpc) is 2.64. The van der Waals surface area contributed by atoms with Crippen molar-refractivity contribution in [3.05, 3.63) is 17.8 Å². The lowest BCUT2D eigenvalue weighted by atomic mass is 9.88. The van der Waals surface area contributed by atoms with E-state index in [1.807, 2.05) is 20.8 Å². The lowest BCUT2D eigenvalue weighted by molar-refractivity contribution is 0.0877. The van der Waals surface area contributed by atoms with Crippen molar-refractivity contribution in [2.75, 3.05) is 6.54 Å². The second-order valence-corrected chi connectivity index (χ2v) is 4.49. The molecule has 6 heteroatoms. The molecule has 0 bridgehead atoms. The Hall–Kier alpha value is -1.07. The van der Waals surface area contributed by atoms with E-state index in [0.29, 0.717) is 18.0 Å². The molecule has 0 radical (unpaired) electrons. The van der Waals surface area contributed by atoms with Gasteiger partial charge in [0.2, 0.25) is 0 Å². The molecular formula is C11H20ClN3O2. The molecule has 98 valence electrons. The summed E-state index contributed by atoms with van der Waals surface area (Å²) in [6.07, 6.45) is 1.26.